The molecule has 2 rings (SSSR count). The molecule has 0 atom stereocenters. The third-order valence-corrected chi connectivity index (χ3v) is 3.18. The molecule has 0 aliphatic rings. The first-order valence-corrected chi connectivity index (χ1v) is 5.82. The number of rotatable bonds is 3. The van der Waals surface area contributed by atoms with Gasteiger partial charge in [-0.1, -0.05) is 17.7 Å². The Bertz CT molecular complexity index is 555. The molecule has 3 nitrogen and oxygen atoms in total. The van der Waals surface area contributed by atoms with Crippen LogP contribution in [0.25, 0.3) is 10.9 Å². The standard InChI is InChI=1S/C13H15ClN2O/c1-8-10-5-4-9(7-15-2)16-13(10)12(17-3)6-11(8)14/h4-6,15H,7H2,1-3H3. The van der Waals surface area contributed by atoms with Gasteiger partial charge in [0.1, 0.15) is 11.3 Å². The van der Waals surface area contributed by atoms with Crippen molar-refractivity contribution >= 4 is 22.5 Å². The van der Waals surface area contributed by atoms with Crippen LogP contribution < -0.4 is 10.1 Å². The Morgan fingerprint density at radius 1 is 1.41 bits per heavy atom. The molecule has 90 valence electrons. The lowest BCUT2D eigenvalue weighted by atomic mass is 10.1. The summed E-state index contributed by atoms with van der Waals surface area (Å²) in [5.41, 5.74) is 2.88. The van der Waals surface area contributed by atoms with Crippen molar-refractivity contribution < 1.29 is 4.74 Å². The Labute approximate surface area is 106 Å². The number of ether oxygens (including phenoxy) is 1. The number of nitrogens with one attached hydrogen (secondary N) is 1. The summed E-state index contributed by atoms with van der Waals surface area (Å²) in [7, 11) is 3.53. The van der Waals surface area contributed by atoms with Gasteiger partial charge in [0.15, 0.2) is 0 Å². The van der Waals surface area contributed by atoms with E-state index in [4.69, 9.17) is 16.3 Å². The molecule has 1 aromatic carbocycles. The number of hydrogen-bond donors (Lipinski definition) is 1. The van der Waals surface area contributed by atoms with Crippen molar-refractivity contribution in [1.82, 2.24) is 10.3 Å². The monoisotopic (exact) mass is 250 g/mol. The van der Waals surface area contributed by atoms with Gasteiger partial charge < -0.3 is 10.1 Å². The molecule has 1 heterocycles. The molecular weight excluding hydrogens is 236 g/mol. The van der Waals surface area contributed by atoms with E-state index in [0.29, 0.717) is 10.8 Å². The van der Waals surface area contributed by atoms with Gasteiger partial charge in [0.25, 0.3) is 0 Å². The average Bonchev–Trinajstić information content (AvgIpc) is 2.34. The van der Waals surface area contributed by atoms with Gasteiger partial charge in [-0.15, -0.1) is 0 Å². The smallest absolute Gasteiger partial charge is 0.146 e. The molecular formula is C13H15ClN2O. The number of fused-ring (bicyclic) bond motifs is 1. The zero-order valence-corrected chi connectivity index (χ0v) is 10.9. The second-order valence-corrected chi connectivity index (χ2v) is 4.32. The average molecular weight is 251 g/mol. The maximum Gasteiger partial charge on any atom is 0.146 e. The fraction of sp³-hybridized carbons (Fsp3) is 0.308. The summed E-state index contributed by atoms with van der Waals surface area (Å²) < 4.78 is 5.33. The highest BCUT2D eigenvalue weighted by molar-refractivity contribution is 6.32. The molecule has 1 aromatic heterocycles. The van der Waals surface area contributed by atoms with E-state index in [2.05, 4.69) is 10.3 Å². The van der Waals surface area contributed by atoms with Crippen molar-refractivity contribution in [2.45, 2.75) is 13.5 Å². The van der Waals surface area contributed by atoms with E-state index in [1.165, 1.54) is 0 Å². The summed E-state index contributed by atoms with van der Waals surface area (Å²) in [5.74, 6) is 0.716. The Hall–Kier alpha value is -1.32. The number of hydrogen-bond acceptors (Lipinski definition) is 3. The van der Waals surface area contributed by atoms with E-state index in [1.54, 1.807) is 7.11 Å². The number of pyridine rings is 1. The lowest BCUT2D eigenvalue weighted by molar-refractivity contribution is 0.418. The predicted molar refractivity (Wildman–Crippen MR) is 70.8 cm³/mol. The Morgan fingerprint density at radius 3 is 2.82 bits per heavy atom. The minimum atomic E-state index is 0.706. The van der Waals surface area contributed by atoms with Crippen LogP contribution >= 0.6 is 11.6 Å². The van der Waals surface area contributed by atoms with Crippen LogP contribution in [0.1, 0.15) is 11.3 Å². The fourth-order valence-electron chi connectivity index (χ4n) is 1.85. The van der Waals surface area contributed by atoms with E-state index in [0.717, 1.165) is 28.7 Å². The molecule has 17 heavy (non-hydrogen) atoms. The van der Waals surface area contributed by atoms with E-state index in [9.17, 15) is 0 Å². The molecule has 2 aromatic rings. The summed E-state index contributed by atoms with van der Waals surface area (Å²) in [5, 5.41) is 4.83. The SMILES string of the molecule is CNCc1ccc2c(C)c(Cl)cc(OC)c2n1. The molecule has 0 bridgehead atoms. The van der Waals surface area contributed by atoms with Crippen molar-refractivity contribution in [2.75, 3.05) is 14.2 Å². The van der Waals surface area contributed by atoms with Crippen LogP contribution in [-0.2, 0) is 6.54 Å². The Morgan fingerprint density at radius 2 is 2.18 bits per heavy atom. The van der Waals surface area contributed by atoms with Crippen LogP contribution in [0.3, 0.4) is 0 Å². The zero-order chi connectivity index (χ0) is 12.4. The summed E-state index contributed by atoms with van der Waals surface area (Å²) in [4.78, 5) is 4.59. The first-order valence-electron chi connectivity index (χ1n) is 5.44. The number of aromatic nitrogens is 1. The molecule has 1 N–H and O–H groups in total. The van der Waals surface area contributed by atoms with Gasteiger partial charge in [0.05, 0.1) is 12.8 Å². The number of nitrogens with zero attached hydrogens (tertiary/aromatic N) is 1. The number of methoxy groups -OCH3 is 1. The second-order valence-electron chi connectivity index (χ2n) is 3.91. The van der Waals surface area contributed by atoms with Gasteiger partial charge in [-0.25, -0.2) is 4.98 Å². The van der Waals surface area contributed by atoms with Gasteiger partial charge in [-0.2, -0.15) is 0 Å². The van der Waals surface area contributed by atoms with Crippen LogP contribution in [0.15, 0.2) is 18.2 Å². The second kappa shape index (κ2) is 4.90. The van der Waals surface area contributed by atoms with Crippen molar-refractivity contribution in [3.8, 4) is 5.75 Å². The van der Waals surface area contributed by atoms with E-state index >= 15 is 0 Å². The molecule has 0 amide bonds. The fourth-order valence-corrected chi connectivity index (χ4v) is 2.05. The van der Waals surface area contributed by atoms with Crippen molar-refractivity contribution in [3.05, 3.63) is 34.5 Å². The van der Waals surface area contributed by atoms with Crippen LogP contribution in [0, 0.1) is 6.92 Å². The van der Waals surface area contributed by atoms with Crippen LogP contribution in [0.4, 0.5) is 0 Å². The summed E-state index contributed by atoms with van der Waals surface area (Å²) in [6, 6.07) is 5.86. The topological polar surface area (TPSA) is 34.1 Å². The molecule has 0 aliphatic carbocycles. The van der Waals surface area contributed by atoms with Crippen molar-refractivity contribution in [1.29, 1.82) is 0 Å². The van der Waals surface area contributed by atoms with E-state index in [-0.39, 0.29) is 0 Å². The molecule has 0 fully saturated rings. The quantitative estimate of drug-likeness (QED) is 0.910. The maximum atomic E-state index is 6.15. The van der Waals surface area contributed by atoms with Gasteiger partial charge in [-0.3, -0.25) is 0 Å². The predicted octanol–water partition coefficient (Wildman–Crippen LogP) is 2.92. The Balaban J connectivity index is 2.70. The summed E-state index contributed by atoms with van der Waals surface area (Å²) >= 11 is 6.15. The molecule has 4 heteroatoms. The molecule has 0 radical (unpaired) electrons. The highest BCUT2D eigenvalue weighted by Gasteiger charge is 2.10. The van der Waals surface area contributed by atoms with Crippen molar-refractivity contribution in [2.24, 2.45) is 0 Å². The third-order valence-electron chi connectivity index (χ3n) is 2.78. The highest BCUT2D eigenvalue weighted by atomic mass is 35.5. The normalized spacial score (nSPS) is 10.8. The first-order chi connectivity index (χ1) is 8.17. The summed E-state index contributed by atoms with van der Waals surface area (Å²) in [6.45, 7) is 2.73. The number of halogens is 1. The van der Waals surface area contributed by atoms with Gasteiger partial charge in [-0.05, 0) is 25.6 Å². The third kappa shape index (κ3) is 2.21. The lowest BCUT2D eigenvalue weighted by Gasteiger charge is -2.10. The highest BCUT2D eigenvalue weighted by Crippen LogP contribution is 2.32. The first kappa shape index (κ1) is 12.1. The van der Waals surface area contributed by atoms with Crippen LogP contribution in [0.5, 0.6) is 5.75 Å². The summed E-state index contributed by atoms with van der Waals surface area (Å²) in [6.07, 6.45) is 0. The molecule has 0 saturated heterocycles. The van der Waals surface area contributed by atoms with Gasteiger partial charge >= 0.3 is 0 Å². The minimum Gasteiger partial charge on any atom is -0.494 e. The largest absolute Gasteiger partial charge is 0.494 e. The van der Waals surface area contributed by atoms with E-state index < -0.39 is 0 Å². The zero-order valence-electron chi connectivity index (χ0n) is 10.2. The molecule has 0 aliphatic heterocycles. The maximum absolute atomic E-state index is 6.15. The van der Waals surface area contributed by atoms with Gasteiger partial charge in [0, 0.05) is 23.0 Å². The lowest BCUT2D eigenvalue weighted by Crippen LogP contribution is -2.07. The van der Waals surface area contributed by atoms with Crippen LogP contribution in [0.2, 0.25) is 5.02 Å². The van der Waals surface area contributed by atoms with Crippen LogP contribution in [-0.4, -0.2) is 19.1 Å². The number of aryl methyl sites for hydroxylation is 1. The van der Waals surface area contributed by atoms with E-state index in [1.807, 2.05) is 32.2 Å². The molecule has 0 spiro atoms. The van der Waals surface area contributed by atoms with Crippen molar-refractivity contribution in [3.63, 3.8) is 0 Å². The minimum absolute atomic E-state index is 0.706. The van der Waals surface area contributed by atoms with Gasteiger partial charge in [0.2, 0.25) is 0 Å². The number of benzene rings is 1. The molecule has 0 saturated carbocycles. The molecule has 0 unspecified atom stereocenters. The Kier molecular flexibility index (Phi) is 3.50.